The lowest BCUT2D eigenvalue weighted by molar-refractivity contribution is -0.119. The fraction of sp³-hybridized carbons (Fsp3) is 0.160. The Bertz CT molecular complexity index is 1200. The van der Waals surface area contributed by atoms with Gasteiger partial charge in [0.1, 0.15) is 11.5 Å². The third-order valence-electron chi connectivity index (χ3n) is 4.86. The Balaban J connectivity index is 1.81. The highest BCUT2D eigenvalue weighted by Crippen LogP contribution is 2.23. The predicted molar refractivity (Wildman–Crippen MR) is 133 cm³/mol. The van der Waals surface area contributed by atoms with Crippen molar-refractivity contribution in [3.63, 3.8) is 0 Å². The Morgan fingerprint density at radius 2 is 1.83 bits per heavy atom. The maximum absolute atomic E-state index is 12.7. The lowest BCUT2D eigenvalue weighted by Crippen LogP contribution is -2.48. The summed E-state index contributed by atoms with van der Waals surface area (Å²) in [5, 5.41) is 12.1. The number of imide groups is 1. The number of carbonyl (C=O) groups excluding carboxylic acids is 3. The molecule has 186 valence electrons. The molecule has 0 saturated carbocycles. The minimum absolute atomic E-state index is 0.132. The fourth-order valence-electron chi connectivity index (χ4n) is 3.00. The molecule has 2 aromatic carbocycles. The number of rotatable bonds is 9. The van der Waals surface area contributed by atoms with Crippen molar-refractivity contribution >= 4 is 30.0 Å². The van der Waals surface area contributed by atoms with Gasteiger partial charge in [-0.05, 0) is 48.0 Å². The van der Waals surface area contributed by atoms with Gasteiger partial charge in [-0.25, -0.2) is 14.8 Å². The first-order chi connectivity index (χ1) is 17.3. The summed E-state index contributed by atoms with van der Waals surface area (Å²) >= 11 is 0. The zero-order valence-corrected chi connectivity index (χ0v) is 19.6. The quantitative estimate of drug-likeness (QED) is 0.237. The molecule has 0 aliphatic carbocycles. The molecule has 3 rings (SSSR count). The Kier molecular flexibility index (Phi) is 8.93. The molecular formula is C25H26N6O5. The molecule has 0 aliphatic rings. The number of phenolic OH excluding ortho intramolecular Hbond substituents is 1. The standard InChI is InChI=1S/C25H26N6O5/c1-30(16-18-5-9-20(33)10-6-18)24(29-25(35)31(17-32)15-13-22(26)34)28-19-7-11-21(12-8-19)36-23-4-2-3-14-27-23/h2-12,14,17,33H,13,15-16H2,1H3,(H2,26,34)(H,28,29,35). The largest absolute Gasteiger partial charge is 0.508 e. The number of hydrogen-bond acceptors (Lipinski definition) is 7. The highest BCUT2D eigenvalue weighted by atomic mass is 16.5. The van der Waals surface area contributed by atoms with Crippen molar-refractivity contribution in [3.8, 4) is 17.4 Å². The van der Waals surface area contributed by atoms with E-state index in [-0.39, 0.29) is 24.7 Å². The summed E-state index contributed by atoms with van der Waals surface area (Å²) in [6, 6.07) is 17.9. The summed E-state index contributed by atoms with van der Waals surface area (Å²) in [4.78, 5) is 46.3. The highest BCUT2D eigenvalue weighted by Gasteiger charge is 2.18. The van der Waals surface area contributed by atoms with Crippen molar-refractivity contribution in [2.24, 2.45) is 10.7 Å². The van der Waals surface area contributed by atoms with Gasteiger partial charge in [-0.3, -0.25) is 19.8 Å². The Morgan fingerprint density at radius 3 is 2.44 bits per heavy atom. The molecule has 0 fully saturated rings. The summed E-state index contributed by atoms with van der Waals surface area (Å²) in [7, 11) is 1.71. The summed E-state index contributed by atoms with van der Waals surface area (Å²) < 4.78 is 5.69. The highest BCUT2D eigenvalue weighted by molar-refractivity contribution is 6.00. The number of primary amides is 1. The number of nitrogens with one attached hydrogen (secondary N) is 1. The summed E-state index contributed by atoms with van der Waals surface area (Å²) in [5.41, 5.74) is 6.48. The molecule has 36 heavy (non-hydrogen) atoms. The number of pyridine rings is 1. The number of hydrogen-bond donors (Lipinski definition) is 3. The molecule has 0 bridgehead atoms. The fourth-order valence-corrected chi connectivity index (χ4v) is 3.00. The molecule has 0 spiro atoms. The number of nitrogens with two attached hydrogens (primary N) is 1. The van der Waals surface area contributed by atoms with Crippen molar-refractivity contribution in [1.29, 1.82) is 0 Å². The number of ether oxygens (including phenoxy) is 1. The van der Waals surface area contributed by atoms with E-state index in [4.69, 9.17) is 10.5 Å². The SMILES string of the molecule is CN(Cc1ccc(O)cc1)C(=Nc1ccc(Oc2ccccn2)cc1)NC(=O)N(C=O)CCC(N)=O. The first kappa shape index (κ1) is 25.7. The van der Waals surface area contributed by atoms with Gasteiger partial charge in [-0.1, -0.05) is 18.2 Å². The van der Waals surface area contributed by atoms with Gasteiger partial charge in [0.2, 0.25) is 24.2 Å². The van der Waals surface area contributed by atoms with E-state index in [0.717, 1.165) is 10.5 Å². The average molecular weight is 491 g/mol. The molecule has 1 heterocycles. The molecule has 4 amide bonds. The third kappa shape index (κ3) is 7.83. The zero-order chi connectivity index (χ0) is 25.9. The van der Waals surface area contributed by atoms with Gasteiger partial charge in [0, 0.05) is 38.8 Å². The number of amides is 4. The van der Waals surface area contributed by atoms with Crippen molar-refractivity contribution in [2.45, 2.75) is 13.0 Å². The number of benzene rings is 2. The van der Waals surface area contributed by atoms with Crippen LogP contribution in [0.15, 0.2) is 77.9 Å². The van der Waals surface area contributed by atoms with Crippen LogP contribution < -0.4 is 15.8 Å². The molecule has 11 nitrogen and oxygen atoms in total. The second-order valence-electron chi connectivity index (χ2n) is 7.67. The molecule has 4 N–H and O–H groups in total. The molecule has 1 aromatic heterocycles. The second-order valence-corrected chi connectivity index (χ2v) is 7.67. The van der Waals surface area contributed by atoms with E-state index in [1.54, 1.807) is 78.8 Å². The summed E-state index contributed by atoms with van der Waals surface area (Å²) in [5.74, 6) is 0.639. The normalized spacial score (nSPS) is 10.9. The molecular weight excluding hydrogens is 464 g/mol. The first-order valence-corrected chi connectivity index (χ1v) is 10.9. The van der Waals surface area contributed by atoms with Crippen LogP contribution in [0.4, 0.5) is 10.5 Å². The van der Waals surface area contributed by atoms with Gasteiger partial charge in [0.15, 0.2) is 0 Å². The number of urea groups is 1. The van der Waals surface area contributed by atoms with Crippen LogP contribution in [0.5, 0.6) is 17.4 Å². The lowest BCUT2D eigenvalue weighted by Gasteiger charge is -2.24. The average Bonchev–Trinajstić information content (AvgIpc) is 2.87. The van der Waals surface area contributed by atoms with E-state index in [0.29, 0.717) is 30.3 Å². The minimum Gasteiger partial charge on any atom is -0.508 e. The van der Waals surface area contributed by atoms with Crippen LogP contribution in [0.2, 0.25) is 0 Å². The van der Waals surface area contributed by atoms with Crippen molar-refractivity contribution < 1.29 is 24.2 Å². The predicted octanol–water partition coefficient (Wildman–Crippen LogP) is 2.74. The van der Waals surface area contributed by atoms with E-state index in [1.807, 2.05) is 6.07 Å². The molecule has 3 aromatic rings. The van der Waals surface area contributed by atoms with Gasteiger partial charge in [-0.15, -0.1) is 0 Å². The number of carbonyl (C=O) groups is 3. The summed E-state index contributed by atoms with van der Waals surface area (Å²) in [6.07, 6.45) is 1.78. The van der Waals surface area contributed by atoms with Gasteiger partial charge >= 0.3 is 6.03 Å². The van der Waals surface area contributed by atoms with Crippen LogP contribution in [-0.4, -0.2) is 57.8 Å². The van der Waals surface area contributed by atoms with Crippen molar-refractivity contribution in [1.82, 2.24) is 20.1 Å². The van der Waals surface area contributed by atoms with Crippen LogP contribution in [0.3, 0.4) is 0 Å². The van der Waals surface area contributed by atoms with Gasteiger partial charge in [0.05, 0.1) is 5.69 Å². The van der Waals surface area contributed by atoms with Crippen molar-refractivity contribution in [2.75, 3.05) is 13.6 Å². The lowest BCUT2D eigenvalue weighted by atomic mass is 10.2. The van der Waals surface area contributed by atoms with Gasteiger partial charge in [-0.2, -0.15) is 0 Å². The van der Waals surface area contributed by atoms with E-state index >= 15 is 0 Å². The molecule has 0 saturated heterocycles. The van der Waals surface area contributed by atoms with E-state index in [2.05, 4.69) is 15.3 Å². The molecule has 0 radical (unpaired) electrons. The number of aromatic nitrogens is 1. The Labute approximate surface area is 207 Å². The molecule has 0 atom stereocenters. The zero-order valence-electron chi connectivity index (χ0n) is 19.6. The summed E-state index contributed by atoms with van der Waals surface area (Å²) in [6.45, 7) is 0.168. The van der Waals surface area contributed by atoms with Crippen LogP contribution in [-0.2, 0) is 16.1 Å². The number of aliphatic imine (C=N–C) groups is 1. The number of nitrogens with zero attached hydrogens (tertiary/aromatic N) is 4. The Hall–Kier alpha value is -4.93. The van der Waals surface area contributed by atoms with E-state index in [9.17, 15) is 19.5 Å². The number of phenols is 1. The monoisotopic (exact) mass is 490 g/mol. The van der Waals surface area contributed by atoms with E-state index in [1.165, 1.54) is 0 Å². The van der Waals surface area contributed by atoms with Gasteiger partial charge in [0.25, 0.3) is 0 Å². The van der Waals surface area contributed by atoms with Gasteiger partial charge < -0.3 is 20.5 Å². The third-order valence-corrected chi connectivity index (χ3v) is 4.86. The maximum atomic E-state index is 12.7. The van der Waals surface area contributed by atoms with Crippen LogP contribution in [0, 0.1) is 0 Å². The van der Waals surface area contributed by atoms with Crippen molar-refractivity contribution in [3.05, 3.63) is 78.5 Å². The minimum atomic E-state index is -0.766. The molecule has 11 heteroatoms. The van der Waals surface area contributed by atoms with Crippen LogP contribution >= 0.6 is 0 Å². The molecule has 0 unspecified atom stereocenters. The molecule has 0 aliphatic heterocycles. The first-order valence-electron chi connectivity index (χ1n) is 10.9. The van der Waals surface area contributed by atoms with Crippen LogP contribution in [0.25, 0.3) is 0 Å². The topological polar surface area (TPSA) is 150 Å². The van der Waals surface area contributed by atoms with E-state index < -0.39 is 11.9 Å². The number of aromatic hydroxyl groups is 1. The maximum Gasteiger partial charge on any atom is 0.330 e. The second kappa shape index (κ2) is 12.5. The Morgan fingerprint density at radius 1 is 1.11 bits per heavy atom. The smallest absolute Gasteiger partial charge is 0.330 e. The van der Waals surface area contributed by atoms with Crippen LogP contribution in [0.1, 0.15) is 12.0 Å². The number of guanidine groups is 1.